The molecule has 2 rings (SSSR count). The normalized spacial score (nSPS) is 12.8. The smallest absolute Gasteiger partial charge is 0.416 e. The van der Waals surface area contributed by atoms with Crippen molar-refractivity contribution in [2.45, 2.75) is 24.9 Å². The van der Waals surface area contributed by atoms with Crippen LogP contribution in [0.3, 0.4) is 0 Å². The van der Waals surface area contributed by atoms with Crippen molar-refractivity contribution in [3.05, 3.63) is 71.8 Å². The fourth-order valence-corrected chi connectivity index (χ4v) is 3.53. The third-order valence-corrected chi connectivity index (χ3v) is 5.24. The van der Waals surface area contributed by atoms with E-state index in [1.807, 2.05) is 0 Å². The lowest BCUT2D eigenvalue weighted by atomic mass is 9.67. The van der Waals surface area contributed by atoms with Gasteiger partial charge in [-0.3, -0.25) is 9.59 Å². The standard InChI is InChI=1S/C22H22F3NO5/c1-3-10-21(19(27)28,20(29)30)17(13-4-7-16(31-2)8-5-13)12-14-11-15(22(23,24)25)6-9-18(14)26/h3-9,11,17H,1,10,12,26H2,2H3,(H,27,28)(H,29,30). The zero-order valence-electron chi connectivity index (χ0n) is 16.6. The Bertz CT molecular complexity index is 956. The molecule has 0 heterocycles. The highest BCUT2D eigenvalue weighted by Crippen LogP contribution is 2.44. The summed E-state index contributed by atoms with van der Waals surface area (Å²) in [7, 11) is 1.42. The molecule has 0 aliphatic rings. The molecule has 1 atom stereocenters. The predicted octanol–water partition coefficient (Wildman–Crippen LogP) is 4.35. The topological polar surface area (TPSA) is 110 Å². The van der Waals surface area contributed by atoms with Gasteiger partial charge < -0.3 is 20.7 Å². The van der Waals surface area contributed by atoms with Gasteiger partial charge in [0.25, 0.3) is 0 Å². The zero-order valence-corrected chi connectivity index (χ0v) is 16.6. The number of carboxylic acids is 2. The van der Waals surface area contributed by atoms with Crippen LogP contribution in [0.25, 0.3) is 0 Å². The maximum absolute atomic E-state index is 13.2. The van der Waals surface area contributed by atoms with Crippen LogP contribution in [0.2, 0.25) is 0 Å². The van der Waals surface area contributed by atoms with E-state index in [1.54, 1.807) is 0 Å². The van der Waals surface area contributed by atoms with E-state index in [2.05, 4.69) is 6.58 Å². The monoisotopic (exact) mass is 437 g/mol. The molecule has 0 bridgehead atoms. The van der Waals surface area contributed by atoms with Gasteiger partial charge in [-0.25, -0.2) is 0 Å². The minimum Gasteiger partial charge on any atom is -0.497 e. The van der Waals surface area contributed by atoms with Crippen LogP contribution in [-0.4, -0.2) is 29.3 Å². The van der Waals surface area contributed by atoms with Crippen molar-refractivity contribution in [3.8, 4) is 5.75 Å². The van der Waals surface area contributed by atoms with E-state index in [0.717, 1.165) is 24.3 Å². The molecule has 31 heavy (non-hydrogen) atoms. The molecule has 0 radical (unpaired) electrons. The minimum absolute atomic E-state index is 0.00482. The lowest BCUT2D eigenvalue weighted by molar-refractivity contribution is -0.166. The predicted molar refractivity (Wildman–Crippen MR) is 108 cm³/mol. The first-order chi connectivity index (χ1) is 14.5. The summed E-state index contributed by atoms with van der Waals surface area (Å²) in [5.74, 6) is -4.07. The maximum Gasteiger partial charge on any atom is 0.416 e. The second-order valence-electron chi connectivity index (χ2n) is 7.02. The summed E-state index contributed by atoms with van der Waals surface area (Å²) >= 11 is 0. The van der Waals surface area contributed by atoms with Crippen molar-refractivity contribution >= 4 is 17.6 Å². The van der Waals surface area contributed by atoms with Gasteiger partial charge in [0.05, 0.1) is 12.7 Å². The first-order valence-electron chi connectivity index (χ1n) is 9.14. The van der Waals surface area contributed by atoms with E-state index < -0.39 is 41.4 Å². The molecular weight excluding hydrogens is 415 g/mol. The number of nitrogens with two attached hydrogens (primary N) is 1. The fraction of sp³-hybridized carbons (Fsp3) is 0.273. The quantitative estimate of drug-likeness (QED) is 0.306. The van der Waals surface area contributed by atoms with Crippen LogP contribution in [0.1, 0.15) is 29.0 Å². The number of alkyl halides is 3. The lowest BCUT2D eigenvalue weighted by Gasteiger charge is -2.34. The Morgan fingerprint density at radius 3 is 2.16 bits per heavy atom. The summed E-state index contributed by atoms with van der Waals surface area (Å²) in [6.45, 7) is 3.46. The van der Waals surface area contributed by atoms with Crippen molar-refractivity contribution in [2.24, 2.45) is 5.41 Å². The van der Waals surface area contributed by atoms with Gasteiger partial charge in [-0.1, -0.05) is 18.2 Å². The highest BCUT2D eigenvalue weighted by molar-refractivity contribution is 5.99. The van der Waals surface area contributed by atoms with Crippen LogP contribution in [0.5, 0.6) is 5.75 Å². The van der Waals surface area contributed by atoms with Crippen LogP contribution < -0.4 is 10.5 Å². The first-order valence-corrected chi connectivity index (χ1v) is 9.14. The lowest BCUT2D eigenvalue weighted by Crippen LogP contribution is -2.45. The Kier molecular flexibility index (Phi) is 6.99. The van der Waals surface area contributed by atoms with Crippen LogP contribution >= 0.6 is 0 Å². The van der Waals surface area contributed by atoms with Crippen LogP contribution in [0.4, 0.5) is 18.9 Å². The molecule has 0 spiro atoms. The Balaban J connectivity index is 2.72. The first kappa shape index (κ1) is 23.8. The van der Waals surface area contributed by atoms with E-state index in [9.17, 15) is 33.0 Å². The number of nitrogen functional groups attached to an aromatic ring is 1. The molecule has 0 amide bonds. The van der Waals surface area contributed by atoms with E-state index >= 15 is 0 Å². The number of methoxy groups -OCH3 is 1. The van der Waals surface area contributed by atoms with Gasteiger partial charge in [0.2, 0.25) is 0 Å². The third-order valence-electron chi connectivity index (χ3n) is 5.24. The molecule has 166 valence electrons. The molecule has 9 heteroatoms. The van der Waals surface area contributed by atoms with Crippen molar-refractivity contribution in [2.75, 3.05) is 12.8 Å². The number of hydrogen-bond donors (Lipinski definition) is 3. The van der Waals surface area contributed by atoms with Crippen LogP contribution in [-0.2, 0) is 22.2 Å². The number of anilines is 1. The number of hydrogen-bond acceptors (Lipinski definition) is 4. The number of ether oxygens (including phenoxy) is 1. The molecule has 0 saturated carbocycles. The van der Waals surface area contributed by atoms with E-state index in [1.165, 1.54) is 31.4 Å². The molecular formula is C22H22F3NO5. The molecule has 0 saturated heterocycles. The Hall–Kier alpha value is -3.49. The van der Waals surface area contributed by atoms with Gasteiger partial charge in [0, 0.05) is 11.6 Å². The van der Waals surface area contributed by atoms with Gasteiger partial charge in [0.1, 0.15) is 5.75 Å². The Morgan fingerprint density at radius 2 is 1.71 bits per heavy atom. The average Bonchev–Trinajstić information content (AvgIpc) is 2.70. The van der Waals surface area contributed by atoms with Crippen molar-refractivity contribution in [1.82, 2.24) is 0 Å². The van der Waals surface area contributed by atoms with Gasteiger partial charge in [0.15, 0.2) is 5.41 Å². The summed E-state index contributed by atoms with van der Waals surface area (Å²) in [6.07, 6.45) is -4.29. The molecule has 2 aromatic carbocycles. The summed E-state index contributed by atoms with van der Waals surface area (Å²) in [6, 6.07) is 8.69. The highest BCUT2D eigenvalue weighted by Gasteiger charge is 2.52. The number of benzene rings is 2. The highest BCUT2D eigenvalue weighted by atomic mass is 19.4. The summed E-state index contributed by atoms with van der Waals surface area (Å²) < 4.78 is 44.7. The minimum atomic E-state index is -4.64. The second kappa shape index (κ2) is 9.11. The molecule has 0 aromatic heterocycles. The second-order valence-corrected chi connectivity index (χ2v) is 7.02. The fourth-order valence-electron chi connectivity index (χ4n) is 3.53. The van der Waals surface area contributed by atoms with E-state index in [4.69, 9.17) is 10.5 Å². The maximum atomic E-state index is 13.2. The molecule has 0 aliphatic carbocycles. The zero-order chi connectivity index (χ0) is 23.4. The van der Waals surface area contributed by atoms with E-state index in [-0.39, 0.29) is 17.7 Å². The van der Waals surface area contributed by atoms with Gasteiger partial charge in [-0.15, -0.1) is 6.58 Å². The number of aliphatic carboxylic acids is 2. The van der Waals surface area contributed by atoms with Crippen molar-refractivity contribution < 1.29 is 37.7 Å². The molecule has 4 N–H and O–H groups in total. The summed E-state index contributed by atoms with van der Waals surface area (Å²) in [4.78, 5) is 24.5. The molecule has 0 fully saturated rings. The molecule has 1 unspecified atom stereocenters. The SMILES string of the molecule is C=CCC(C(=O)O)(C(=O)O)C(Cc1cc(C(F)(F)F)ccc1N)c1ccc(OC)cc1. The number of allylic oxidation sites excluding steroid dienone is 1. The Morgan fingerprint density at radius 1 is 1.13 bits per heavy atom. The van der Waals surface area contributed by atoms with E-state index in [0.29, 0.717) is 11.3 Å². The van der Waals surface area contributed by atoms with Crippen LogP contribution in [0, 0.1) is 5.41 Å². The number of halogens is 3. The number of carbonyl (C=O) groups is 2. The van der Waals surface area contributed by atoms with Gasteiger partial charge in [-0.2, -0.15) is 13.2 Å². The molecule has 0 aliphatic heterocycles. The number of rotatable bonds is 9. The van der Waals surface area contributed by atoms with Gasteiger partial charge in [-0.05, 0) is 54.3 Å². The van der Waals surface area contributed by atoms with Gasteiger partial charge >= 0.3 is 18.1 Å². The van der Waals surface area contributed by atoms with Crippen LogP contribution in [0.15, 0.2) is 55.1 Å². The molecule has 2 aromatic rings. The van der Waals surface area contributed by atoms with Crippen molar-refractivity contribution in [3.63, 3.8) is 0 Å². The number of carboxylic acid groups (broad SMARTS) is 2. The Labute approximate surface area is 176 Å². The summed E-state index contributed by atoms with van der Waals surface area (Å²) in [5, 5.41) is 19.8. The third kappa shape index (κ3) is 4.82. The average molecular weight is 437 g/mol. The van der Waals surface area contributed by atoms with Crippen molar-refractivity contribution in [1.29, 1.82) is 0 Å². The largest absolute Gasteiger partial charge is 0.497 e. The summed E-state index contributed by atoms with van der Waals surface area (Å²) in [5.41, 5.74) is 2.81. The molecule has 6 nitrogen and oxygen atoms in total.